The van der Waals surface area contributed by atoms with Crippen molar-refractivity contribution in [2.75, 3.05) is 10.8 Å². The number of aryl methyl sites for hydroxylation is 3. The molecule has 9 heteroatoms. The van der Waals surface area contributed by atoms with Crippen molar-refractivity contribution in [3.8, 4) is 0 Å². The van der Waals surface area contributed by atoms with Gasteiger partial charge in [0.15, 0.2) is 0 Å². The lowest BCUT2D eigenvalue weighted by atomic mass is 10.1. The van der Waals surface area contributed by atoms with Crippen LogP contribution in [0.4, 0.5) is 5.69 Å². The maximum absolute atomic E-state index is 14.2. The first kappa shape index (κ1) is 31.2. The van der Waals surface area contributed by atoms with E-state index in [-0.39, 0.29) is 23.4 Å². The van der Waals surface area contributed by atoms with E-state index in [2.05, 4.69) is 5.32 Å². The molecular weight excluding hydrogens is 546 g/mol. The normalized spacial score (nSPS) is 12.2. The maximum Gasteiger partial charge on any atom is 0.264 e. The lowest BCUT2D eigenvalue weighted by Crippen LogP contribution is -2.53. The Hall–Kier alpha value is -3.36. The molecule has 0 aromatic heterocycles. The van der Waals surface area contributed by atoms with Crippen LogP contribution in [0, 0.1) is 20.8 Å². The number of halogens is 1. The average Bonchev–Trinajstić information content (AvgIpc) is 2.88. The van der Waals surface area contributed by atoms with Crippen molar-refractivity contribution in [1.82, 2.24) is 10.2 Å². The van der Waals surface area contributed by atoms with Crippen LogP contribution in [0.2, 0.25) is 5.02 Å². The fourth-order valence-electron chi connectivity index (χ4n) is 4.52. The van der Waals surface area contributed by atoms with Crippen LogP contribution in [0.25, 0.3) is 0 Å². The molecule has 0 aliphatic carbocycles. The Labute approximate surface area is 243 Å². The number of sulfonamides is 1. The highest BCUT2D eigenvalue weighted by Gasteiger charge is 2.34. The highest BCUT2D eigenvalue weighted by Crippen LogP contribution is 2.30. The summed E-state index contributed by atoms with van der Waals surface area (Å²) in [6.45, 7) is 10.8. The zero-order chi connectivity index (χ0) is 29.6. The van der Waals surface area contributed by atoms with Crippen LogP contribution in [-0.2, 0) is 26.2 Å². The molecule has 0 saturated heterocycles. The molecule has 2 amide bonds. The molecule has 7 nitrogen and oxygen atoms in total. The Morgan fingerprint density at radius 2 is 1.57 bits per heavy atom. The smallest absolute Gasteiger partial charge is 0.264 e. The predicted octanol–water partition coefficient (Wildman–Crippen LogP) is 5.79. The van der Waals surface area contributed by atoms with Gasteiger partial charge >= 0.3 is 0 Å². The van der Waals surface area contributed by atoms with Gasteiger partial charge in [-0.1, -0.05) is 60.5 Å². The van der Waals surface area contributed by atoms with E-state index < -0.39 is 28.5 Å². The second kappa shape index (κ2) is 13.3. The summed E-state index contributed by atoms with van der Waals surface area (Å²) >= 11 is 6.18. The van der Waals surface area contributed by atoms with Gasteiger partial charge in [0.05, 0.1) is 10.6 Å². The van der Waals surface area contributed by atoms with Gasteiger partial charge in [0, 0.05) is 17.6 Å². The summed E-state index contributed by atoms with van der Waals surface area (Å²) in [7, 11) is -4.15. The third kappa shape index (κ3) is 7.43. The number of anilines is 1. The lowest BCUT2D eigenvalue weighted by molar-refractivity contribution is -0.140. The molecule has 1 atom stereocenters. The van der Waals surface area contributed by atoms with E-state index in [1.165, 1.54) is 17.0 Å². The van der Waals surface area contributed by atoms with Gasteiger partial charge in [-0.3, -0.25) is 13.9 Å². The highest BCUT2D eigenvalue weighted by molar-refractivity contribution is 7.92. The van der Waals surface area contributed by atoms with E-state index in [0.29, 0.717) is 22.7 Å². The highest BCUT2D eigenvalue weighted by atomic mass is 35.5. The minimum Gasteiger partial charge on any atom is -0.352 e. The minimum absolute atomic E-state index is 0.0651. The van der Waals surface area contributed by atoms with Crippen molar-refractivity contribution in [2.45, 2.75) is 71.5 Å². The molecule has 0 aliphatic heterocycles. The van der Waals surface area contributed by atoms with Gasteiger partial charge in [0.25, 0.3) is 10.0 Å². The summed E-state index contributed by atoms with van der Waals surface area (Å²) in [6, 6.07) is 18.1. The monoisotopic (exact) mass is 583 g/mol. The third-order valence-electron chi connectivity index (χ3n) is 6.73. The van der Waals surface area contributed by atoms with Gasteiger partial charge in [0.2, 0.25) is 11.8 Å². The zero-order valence-electron chi connectivity index (χ0n) is 23.9. The molecule has 214 valence electrons. The molecular formula is C31H38ClN3O4S. The van der Waals surface area contributed by atoms with Gasteiger partial charge in [-0.05, 0) is 88.1 Å². The molecule has 0 fully saturated rings. The van der Waals surface area contributed by atoms with E-state index in [1.807, 2.05) is 58.9 Å². The molecule has 1 N–H and O–H groups in total. The van der Waals surface area contributed by atoms with Gasteiger partial charge in [-0.25, -0.2) is 8.42 Å². The topological polar surface area (TPSA) is 86.8 Å². The van der Waals surface area contributed by atoms with Gasteiger partial charge < -0.3 is 10.2 Å². The number of benzene rings is 3. The van der Waals surface area contributed by atoms with E-state index in [9.17, 15) is 18.0 Å². The van der Waals surface area contributed by atoms with E-state index >= 15 is 0 Å². The predicted molar refractivity (Wildman–Crippen MR) is 161 cm³/mol. The molecule has 0 radical (unpaired) electrons. The second-order valence-electron chi connectivity index (χ2n) is 10.3. The summed E-state index contributed by atoms with van der Waals surface area (Å²) in [5, 5.41) is 3.37. The third-order valence-corrected chi connectivity index (χ3v) is 8.74. The first-order chi connectivity index (χ1) is 18.8. The van der Waals surface area contributed by atoms with Crippen molar-refractivity contribution in [2.24, 2.45) is 0 Å². The molecule has 3 aromatic rings. The Morgan fingerprint density at radius 3 is 2.15 bits per heavy atom. The van der Waals surface area contributed by atoms with Gasteiger partial charge in [-0.15, -0.1) is 0 Å². The van der Waals surface area contributed by atoms with Crippen molar-refractivity contribution >= 4 is 39.1 Å². The minimum atomic E-state index is -4.15. The molecule has 0 spiro atoms. The van der Waals surface area contributed by atoms with Crippen molar-refractivity contribution in [3.63, 3.8) is 0 Å². The number of hydrogen-bond acceptors (Lipinski definition) is 4. The quantitative estimate of drug-likeness (QED) is 0.309. The fourth-order valence-corrected chi connectivity index (χ4v) is 6.23. The van der Waals surface area contributed by atoms with E-state index in [4.69, 9.17) is 11.6 Å². The van der Waals surface area contributed by atoms with Crippen LogP contribution < -0.4 is 9.62 Å². The summed E-state index contributed by atoms with van der Waals surface area (Å²) < 4.78 is 29.1. The first-order valence-corrected chi connectivity index (χ1v) is 15.2. The largest absolute Gasteiger partial charge is 0.352 e. The summed E-state index contributed by atoms with van der Waals surface area (Å²) in [4.78, 5) is 29.0. The van der Waals surface area contributed by atoms with Crippen LogP contribution in [0.3, 0.4) is 0 Å². The SMILES string of the molecule is CC[C@@H](C(=O)NC(C)C)N(Cc1ccccc1C)C(=O)CN(c1ccc(Cl)cc1C)S(=O)(=O)c1ccc(C)cc1. The molecule has 3 aromatic carbocycles. The average molecular weight is 584 g/mol. The van der Waals surface area contributed by atoms with E-state index in [0.717, 1.165) is 21.0 Å². The van der Waals surface area contributed by atoms with Crippen molar-refractivity contribution in [1.29, 1.82) is 0 Å². The van der Waals surface area contributed by atoms with Crippen LogP contribution in [0.15, 0.2) is 71.6 Å². The van der Waals surface area contributed by atoms with E-state index in [1.54, 1.807) is 37.3 Å². The van der Waals surface area contributed by atoms with Crippen LogP contribution in [0.1, 0.15) is 49.4 Å². The Morgan fingerprint density at radius 1 is 0.925 bits per heavy atom. The molecule has 3 rings (SSSR count). The zero-order valence-corrected chi connectivity index (χ0v) is 25.5. The first-order valence-electron chi connectivity index (χ1n) is 13.3. The molecule has 40 heavy (non-hydrogen) atoms. The van der Waals surface area contributed by atoms with Crippen LogP contribution >= 0.6 is 11.6 Å². The maximum atomic E-state index is 14.2. The van der Waals surface area contributed by atoms with Gasteiger partial charge in [-0.2, -0.15) is 0 Å². The lowest BCUT2D eigenvalue weighted by Gasteiger charge is -2.34. The summed E-state index contributed by atoms with van der Waals surface area (Å²) in [5.41, 5.74) is 3.70. The van der Waals surface area contributed by atoms with Crippen molar-refractivity contribution in [3.05, 3.63) is 94.0 Å². The Kier molecular flexibility index (Phi) is 10.4. The molecule has 0 heterocycles. The molecule has 0 unspecified atom stereocenters. The second-order valence-corrected chi connectivity index (χ2v) is 12.6. The number of carbonyl (C=O) groups is 2. The number of amides is 2. The number of hydrogen-bond donors (Lipinski definition) is 1. The van der Waals surface area contributed by atoms with Crippen LogP contribution in [0.5, 0.6) is 0 Å². The Bertz CT molecular complexity index is 1460. The molecule has 0 bridgehead atoms. The summed E-state index contributed by atoms with van der Waals surface area (Å²) in [5.74, 6) is -0.769. The number of nitrogens with zero attached hydrogens (tertiary/aromatic N) is 2. The standard InChI is InChI=1S/C31H38ClN3O4S/c1-7-28(31(37)33-21(2)3)34(19-25-11-9-8-10-23(25)5)30(36)20-35(29-17-14-26(32)18-24(29)6)40(38,39)27-15-12-22(4)13-16-27/h8-18,21,28H,7,19-20H2,1-6H3,(H,33,37)/t28-/m0/s1. The molecule has 0 aliphatic rings. The Balaban J connectivity index is 2.11. The summed E-state index contributed by atoms with van der Waals surface area (Å²) in [6.07, 6.45) is 0.362. The molecule has 0 saturated carbocycles. The number of rotatable bonds is 11. The van der Waals surface area contributed by atoms with Gasteiger partial charge in [0.1, 0.15) is 12.6 Å². The van der Waals surface area contributed by atoms with Crippen molar-refractivity contribution < 1.29 is 18.0 Å². The fraction of sp³-hybridized carbons (Fsp3) is 0.355. The number of carbonyl (C=O) groups excluding carboxylic acids is 2. The van der Waals surface area contributed by atoms with Crippen LogP contribution in [-0.4, -0.2) is 43.8 Å². The number of nitrogens with one attached hydrogen (secondary N) is 1.